The number of amides is 1. The van der Waals surface area contributed by atoms with Crippen LogP contribution in [0, 0.1) is 17.3 Å². The summed E-state index contributed by atoms with van der Waals surface area (Å²) in [5.41, 5.74) is 4.59. The second-order valence-corrected chi connectivity index (χ2v) is 8.87. The molecule has 2 heterocycles. The maximum atomic E-state index is 12.7. The number of nitrogens with one attached hydrogen (secondary N) is 1. The van der Waals surface area contributed by atoms with Crippen molar-refractivity contribution < 1.29 is 14.3 Å². The van der Waals surface area contributed by atoms with E-state index < -0.39 is 0 Å². The zero-order chi connectivity index (χ0) is 20.1. The van der Waals surface area contributed by atoms with Gasteiger partial charge in [-0.15, -0.1) is 0 Å². The minimum atomic E-state index is -0.259. The van der Waals surface area contributed by atoms with Gasteiger partial charge in [-0.2, -0.15) is 0 Å². The SMILES string of the molecule is CC(C)=C[C@H]1[C@H](C(=O)OCC(=O)N2CCc3[nH]c4ccccc4c3C2)C1(C)C. The number of esters is 1. The molecule has 1 aliphatic heterocycles. The summed E-state index contributed by atoms with van der Waals surface area (Å²) in [6, 6.07) is 8.16. The lowest BCUT2D eigenvalue weighted by molar-refractivity contribution is -0.154. The average Bonchev–Trinajstić information content (AvgIpc) is 3.01. The number of H-pyrrole nitrogens is 1. The lowest BCUT2D eigenvalue weighted by Gasteiger charge is -2.27. The molecule has 0 radical (unpaired) electrons. The first-order valence-corrected chi connectivity index (χ1v) is 9.97. The Kier molecular flexibility index (Phi) is 4.56. The number of benzene rings is 1. The van der Waals surface area contributed by atoms with Crippen LogP contribution < -0.4 is 0 Å². The zero-order valence-corrected chi connectivity index (χ0v) is 17.0. The van der Waals surface area contributed by atoms with Gasteiger partial charge in [0.05, 0.1) is 5.92 Å². The van der Waals surface area contributed by atoms with Gasteiger partial charge in [0.15, 0.2) is 6.61 Å². The number of para-hydroxylation sites is 1. The van der Waals surface area contributed by atoms with Gasteiger partial charge in [0.25, 0.3) is 5.91 Å². The summed E-state index contributed by atoms with van der Waals surface area (Å²) in [7, 11) is 0. The second kappa shape index (κ2) is 6.80. The molecule has 1 aromatic carbocycles. The van der Waals surface area contributed by atoms with Crippen molar-refractivity contribution >= 4 is 22.8 Å². The van der Waals surface area contributed by atoms with E-state index in [0.29, 0.717) is 13.1 Å². The second-order valence-electron chi connectivity index (χ2n) is 8.87. The highest BCUT2D eigenvalue weighted by molar-refractivity contribution is 5.87. The summed E-state index contributed by atoms with van der Waals surface area (Å²) in [5.74, 6) is -0.340. The van der Waals surface area contributed by atoms with Gasteiger partial charge in [-0.1, -0.05) is 43.7 Å². The fraction of sp³-hybridized carbons (Fsp3) is 0.478. The first-order valence-electron chi connectivity index (χ1n) is 9.97. The molecule has 28 heavy (non-hydrogen) atoms. The fourth-order valence-corrected chi connectivity index (χ4v) is 4.49. The van der Waals surface area contributed by atoms with Gasteiger partial charge >= 0.3 is 5.97 Å². The van der Waals surface area contributed by atoms with E-state index in [1.165, 1.54) is 16.8 Å². The highest BCUT2D eigenvalue weighted by atomic mass is 16.5. The van der Waals surface area contributed by atoms with Crippen LogP contribution >= 0.6 is 0 Å². The molecule has 0 saturated heterocycles. The Hall–Kier alpha value is -2.56. The van der Waals surface area contributed by atoms with E-state index in [9.17, 15) is 9.59 Å². The van der Waals surface area contributed by atoms with E-state index in [0.717, 1.165) is 17.3 Å². The molecule has 1 aliphatic carbocycles. The Morgan fingerprint density at radius 2 is 2.04 bits per heavy atom. The van der Waals surface area contributed by atoms with Crippen LogP contribution in [-0.2, 0) is 27.3 Å². The molecular formula is C23H28N2O3. The summed E-state index contributed by atoms with van der Waals surface area (Å²) in [5, 5.41) is 1.16. The number of aromatic amines is 1. The zero-order valence-electron chi connectivity index (χ0n) is 17.0. The number of hydrogen-bond acceptors (Lipinski definition) is 3. The number of hydrogen-bond donors (Lipinski definition) is 1. The van der Waals surface area contributed by atoms with Gasteiger partial charge in [0.2, 0.25) is 0 Å². The van der Waals surface area contributed by atoms with Gasteiger partial charge in [-0.05, 0) is 31.2 Å². The minimum Gasteiger partial charge on any atom is -0.455 e. The number of nitrogens with zero attached hydrogens (tertiary/aromatic N) is 1. The minimum absolute atomic E-state index is 0.0958. The third-order valence-corrected chi connectivity index (χ3v) is 6.25. The van der Waals surface area contributed by atoms with E-state index in [4.69, 9.17) is 4.74 Å². The van der Waals surface area contributed by atoms with Crippen LogP contribution in [0.1, 0.15) is 39.0 Å². The predicted molar refractivity (Wildman–Crippen MR) is 109 cm³/mol. The number of allylic oxidation sites excluding steroid dienone is 2. The molecule has 5 heteroatoms. The Bertz CT molecular complexity index is 965. The largest absolute Gasteiger partial charge is 0.455 e. The van der Waals surface area contributed by atoms with Crippen molar-refractivity contribution in [2.45, 2.75) is 40.7 Å². The fourth-order valence-electron chi connectivity index (χ4n) is 4.49. The molecule has 0 spiro atoms. The maximum Gasteiger partial charge on any atom is 0.310 e. The summed E-state index contributed by atoms with van der Waals surface area (Å²) in [6.45, 7) is 9.26. The highest BCUT2D eigenvalue weighted by Crippen LogP contribution is 2.59. The average molecular weight is 380 g/mol. The van der Waals surface area contributed by atoms with Gasteiger partial charge in [-0.3, -0.25) is 9.59 Å². The summed E-state index contributed by atoms with van der Waals surface area (Å²) in [4.78, 5) is 30.4. The van der Waals surface area contributed by atoms with Crippen LogP contribution in [0.15, 0.2) is 35.9 Å². The predicted octanol–water partition coefficient (Wildman–Crippen LogP) is 3.83. The molecule has 1 aromatic heterocycles. The van der Waals surface area contributed by atoms with Crippen molar-refractivity contribution in [2.24, 2.45) is 17.3 Å². The standard InChI is InChI=1S/C23H28N2O3/c1-14(2)11-17-21(23(17,3)4)22(27)28-13-20(26)25-10-9-19-16(12-25)15-7-5-6-8-18(15)24-19/h5-8,11,17,21,24H,9-10,12-13H2,1-4H3/t17-,21+/m0/s1. The quantitative estimate of drug-likeness (QED) is 0.648. The highest BCUT2D eigenvalue weighted by Gasteiger charge is 2.61. The van der Waals surface area contributed by atoms with Crippen molar-refractivity contribution in [3.63, 3.8) is 0 Å². The van der Waals surface area contributed by atoms with Gasteiger partial charge in [0, 0.05) is 41.7 Å². The van der Waals surface area contributed by atoms with Crippen molar-refractivity contribution in [1.82, 2.24) is 9.88 Å². The molecule has 2 aromatic rings. The van der Waals surface area contributed by atoms with Crippen molar-refractivity contribution in [1.29, 1.82) is 0 Å². The Morgan fingerprint density at radius 3 is 2.79 bits per heavy atom. The third-order valence-electron chi connectivity index (χ3n) is 6.25. The van der Waals surface area contributed by atoms with Crippen molar-refractivity contribution in [2.75, 3.05) is 13.2 Å². The van der Waals surface area contributed by atoms with Crippen molar-refractivity contribution in [3.05, 3.63) is 47.2 Å². The van der Waals surface area contributed by atoms with Crippen LogP contribution in [0.2, 0.25) is 0 Å². The van der Waals surface area contributed by atoms with Crippen LogP contribution in [0.4, 0.5) is 0 Å². The third kappa shape index (κ3) is 3.23. The molecule has 0 unspecified atom stereocenters. The Balaban J connectivity index is 1.37. The van der Waals surface area contributed by atoms with Gasteiger partial charge in [0.1, 0.15) is 0 Å². The van der Waals surface area contributed by atoms with Crippen LogP contribution in [0.3, 0.4) is 0 Å². The van der Waals surface area contributed by atoms with E-state index in [2.05, 4.69) is 37.0 Å². The van der Waals surface area contributed by atoms with E-state index >= 15 is 0 Å². The van der Waals surface area contributed by atoms with Crippen LogP contribution in [0.25, 0.3) is 10.9 Å². The van der Waals surface area contributed by atoms with E-state index in [1.807, 2.05) is 26.0 Å². The van der Waals surface area contributed by atoms with Gasteiger partial charge < -0.3 is 14.6 Å². The number of carbonyl (C=O) groups is 2. The van der Waals surface area contributed by atoms with E-state index in [-0.39, 0.29) is 35.7 Å². The number of carbonyl (C=O) groups excluding carboxylic acids is 2. The molecule has 1 fully saturated rings. The van der Waals surface area contributed by atoms with E-state index in [1.54, 1.807) is 4.90 Å². The first kappa shape index (κ1) is 18.8. The number of ether oxygens (including phenoxy) is 1. The van der Waals surface area contributed by atoms with Crippen LogP contribution in [-0.4, -0.2) is 34.9 Å². The van der Waals surface area contributed by atoms with Gasteiger partial charge in [-0.25, -0.2) is 0 Å². The first-order chi connectivity index (χ1) is 13.3. The lowest BCUT2D eigenvalue weighted by Crippen LogP contribution is -2.38. The lowest BCUT2D eigenvalue weighted by atomic mass is 10.0. The molecule has 1 amide bonds. The Labute approximate surface area is 165 Å². The number of aromatic nitrogens is 1. The molecule has 4 rings (SSSR count). The Morgan fingerprint density at radius 1 is 1.29 bits per heavy atom. The molecule has 1 saturated carbocycles. The molecule has 148 valence electrons. The molecule has 2 atom stereocenters. The maximum absolute atomic E-state index is 12.7. The monoisotopic (exact) mass is 380 g/mol. The number of rotatable bonds is 4. The molecule has 5 nitrogen and oxygen atoms in total. The summed E-state index contributed by atoms with van der Waals surface area (Å²) in [6.07, 6.45) is 2.93. The van der Waals surface area contributed by atoms with Crippen molar-refractivity contribution in [3.8, 4) is 0 Å². The molecular weight excluding hydrogens is 352 g/mol. The number of fused-ring (bicyclic) bond motifs is 3. The normalized spacial score (nSPS) is 22.5. The molecule has 0 bridgehead atoms. The smallest absolute Gasteiger partial charge is 0.310 e. The van der Waals surface area contributed by atoms with Crippen LogP contribution in [0.5, 0.6) is 0 Å². The summed E-state index contributed by atoms with van der Waals surface area (Å²) < 4.78 is 5.42. The molecule has 1 N–H and O–H groups in total. The molecule has 2 aliphatic rings. The summed E-state index contributed by atoms with van der Waals surface area (Å²) >= 11 is 0. The topological polar surface area (TPSA) is 62.4 Å².